The zero-order valence-electron chi connectivity index (χ0n) is 11.0. The lowest BCUT2D eigenvalue weighted by Crippen LogP contribution is -2.30. The van der Waals surface area contributed by atoms with Gasteiger partial charge in [0.2, 0.25) is 0 Å². The van der Waals surface area contributed by atoms with Gasteiger partial charge in [-0.05, 0) is 25.1 Å². The number of hydrogen-bond acceptors (Lipinski definition) is 3. The zero-order valence-corrected chi connectivity index (χ0v) is 11.0. The van der Waals surface area contributed by atoms with Gasteiger partial charge in [-0.15, -0.1) is 0 Å². The maximum absolute atomic E-state index is 13.9. The molecule has 21 heavy (non-hydrogen) atoms. The van der Waals surface area contributed by atoms with Gasteiger partial charge in [-0.2, -0.15) is 0 Å². The molecular formula is C15H10F2N2O2. The summed E-state index contributed by atoms with van der Waals surface area (Å²) in [4.78, 5) is 25.3. The average molecular weight is 288 g/mol. The van der Waals surface area contributed by atoms with Crippen molar-refractivity contribution < 1.29 is 18.4 Å². The molecule has 0 atom stereocenters. The van der Waals surface area contributed by atoms with Crippen LogP contribution < -0.4 is 10.6 Å². The Morgan fingerprint density at radius 3 is 2.33 bits per heavy atom. The minimum absolute atomic E-state index is 0.188. The predicted molar refractivity (Wildman–Crippen MR) is 73.1 cm³/mol. The van der Waals surface area contributed by atoms with Crippen LogP contribution in [0.2, 0.25) is 0 Å². The molecule has 0 unspecified atom stereocenters. The largest absolute Gasteiger partial charge is 0.396 e. The second kappa shape index (κ2) is 4.37. The third-order valence-corrected chi connectivity index (χ3v) is 3.35. The fraction of sp³-hybridized carbons (Fsp3) is 0.0667. The molecule has 1 aliphatic rings. The van der Waals surface area contributed by atoms with E-state index in [9.17, 15) is 18.4 Å². The van der Waals surface area contributed by atoms with Crippen molar-refractivity contribution in [2.75, 3.05) is 10.6 Å². The molecule has 106 valence electrons. The van der Waals surface area contributed by atoms with E-state index in [1.165, 1.54) is 6.07 Å². The van der Waals surface area contributed by atoms with Crippen molar-refractivity contribution in [1.82, 2.24) is 0 Å². The van der Waals surface area contributed by atoms with Crippen molar-refractivity contribution in [3.63, 3.8) is 0 Å². The van der Waals surface area contributed by atoms with Gasteiger partial charge in [-0.25, -0.2) is 13.7 Å². The van der Waals surface area contributed by atoms with E-state index in [0.717, 1.165) is 11.6 Å². The molecule has 0 fully saturated rings. The lowest BCUT2D eigenvalue weighted by molar-refractivity contribution is 0.0925. The second-order valence-electron chi connectivity index (χ2n) is 4.82. The smallest absolute Gasteiger partial charge is 0.266 e. The summed E-state index contributed by atoms with van der Waals surface area (Å²) in [6, 6.07) is 6.25. The van der Waals surface area contributed by atoms with Crippen LogP contribution in [-0.2, 0) is 0 Å². The minimum Gasteiger partial charge on any atom is -0.396 e. The van der Waals surface area contributed by atoms with Gasteiger partial charge in [-0.1, -0.05) is 11.6 Å². The van der Waals surface area contributed by atoms with Gasteiger partial charge in [0.05, 0.1) is 22.5 Å². The van der Waals surface area contributed by atoms with Crippen molar-refractivity contribution in [3.05, 3.63) is 58.7 Å². The molecule has 0 radical (unpaired) electrons. The molecule has 2 aromatic rings. The number of nitrogens with two attached hydrogens (primary N) is 1. The van der Waals surface area contributed by atoms with Crippen LogP contribution in [0.4, 0.5) is 20.2 Å². The summed E-state index contributed by atoms with van der Waals surface area (Å²) < 4.78 is 27.1. The third kappa shape index (κ3) is 1.87. The number of rotatable bonds is 1. The lowest BCUT2D eigenvalue weighted by atomic mass is 10.1. The molecule has 1 aliphatic heterocycles. The maximum atomic E-state index is 13.9. The van der Waals surface area contributed by atoms with Crippen molar-refractivity contribution in [2.45, 2.75) is 6.92 Å². The van der Waals surface area contributed by atoms with E-state index in [1.54, 1.807) is 19.1 Å². The van der Waals surface area contributed by atoms with E-state index >= 15 is 0 Å². The van der Waals surface area contributed by atoms with E-state index in [1.807, 2.05) is 0 Å². The summed E-state index contributed by atoms with van der Waals surface area (Å²) in [6.07, 6.45) is 0. The molecule has 1 heterocycles. The number of nitrogens with zero attached hydrogens (tertiary/aromatic N) is 1. The quantitative estimate of drug-likeness (QED) is 0.648. The maximum Gasteiger partial charge on any atom is 0.266 e. The van der Waals surface area contributed by atoms with Gasteiger partial charge >= 0.3 is 0 Å². The van der Waals surface area contributed by atoms with Crippen LogP contribution in [0.3, 0.4) is 0 Å². The molecule has 0 aliphatic carbocycles. The second-order valence-corrected chi connectivity index (χ2v) is 4.82. The number of halogens is 2. The Hall–Kier alpha value is -2.76. The molecule has 0 saturated heterocycles. The number of carbonyl (C=O) groups excluding carboxylic acids is 2. The van der Waals surface area contributed by atoms with Gasteiger partial charge in [0.15, 0.2) is 0 Å². The first kappa shape index (κ1) is 13.2. The standard InChI is InChI=1S/C15H10F2N2O2/c1-7-2-3-8-9(4-7)15(21)19(14(8)20)13-6-12(18)10(16)5-11(13)17/h2-6H,18H2,1H3. The van der Waals surface area contributed by atoms with Gasteiger partial charge in [0, 0.05) is 6.07 Å². The van der Waals surface area contributed by atoms with Crippen LogP contribution in [0.15, 0.2) is 30.3 Å². The van der Waals surface area contributed by atoms with Gasteiger partial charge in [0.1, 0.15) is 11.6 Å². The van der Waals surface area contributed by atoms with Gasteiger partial charge in [0.25, 0.3) is 11.8 Å². The highest BCUT2D eigenvalue weighted by Crippen LogP contribution is 2.32. The third-order valence-electron chi connectivity index (χ3n) is 3.35. The number of fused-ring (bicyclic) bond motifs is 1. The first-order valence-corrected chi connectivity index (χ1v) is 6.14. The van der Waals surface area contributed by atoms with Crippen molar-refractivity contribution in [3.8, 4) is 0 Å². The highest BCUT2D eigenvalue weighted by atomic mass is 19.1. The van der Waals surface area contributed by atoms with Crippen LogP contribution in [0.5, 0.6) is 0 Å². The van der Waals surface area contributed by atoms with E-state index in [0.29, 0.717) is 11.0 Å². The lowest BCUT2D eigenvalue weighted by Gasteiger charge is -2.15. The normalized spacial score (nSPS) is 13.8. The van der Waals surface area contributed by atoms with Crippen molar-refractivity contribution in [1.29, 1.82) is 0 Å². The summed E-state index contributed by atoms with van der Waals surface area (Å²) in [6.45, 7) is 1.77. The number of nitrogen functional groups attached to an aromatic ring is 1. The van der Waals surface area contributed by atoms with Crippen LogP contribution in [0.25, 0.3) is 0 Å². The summed E-state index contributed by atoms with van der Waals surface area (Å²) in [5.74, 6) is -3.26. The van der Waals surface area contributed by atoms with Crippen LogP contribution >= 0.6 is 0 Å². The summed E-state index contributed by atoms with van der Waals surface area (Å²) in [5.41, 5.74) is 5.89. The van der Waals surface area contributed by atoms with Crippen LogP contribution in [0.1, 0.15) is 26.3 Å². The van der Waals surface area contributed by atoms with Gasteiger partial charge < -0.3 is 5.73 Å². The molecule has 0 spiro atoms. The summed E-state index contributed by atoms with van der Waals surface area (Å²) in [7, 11) is 0. The molecule has 3 rings (SSSR count). The average Bonchev–Trinajstić information content (AvgIpc) is 2.66. The Labute approximate surface area is 118 Å². The SMILES string of the molecule is Cc1ccc2c(c1)C(=O)N(c1cc(N)c(F)cc1F)C2=O. The van der Waals surface area contributed by atoms with E-state index < -0.39 is 23.4 Å². The van der Waals surface area contributed by atoms with E-state index in [4.69, 9.17) is 5.73 Å². The van der Waals surface area contributed by atoms with Crippen LogP contribution in [0, 0.1) is 18.6 Å². The molecule has 2 amide bonds. The molecule has 0 aromatic heterocycles. The first-order chi connectivity index (χ1) is 9.90. The Kier molecular flexibility index (Phi) is 2.76. The molecule has 0 saturated carbocycles. The van der Waals surface area contributed by atoms with Crippen molar-refractivity contribution in [2.24, 2.45) is 0 Å². The number of amides is 2. The Bertz CT molecular complexity index is 803. The first-order valence-electron chi connectivity index (χ1n) is 6.14. The number of aryl methyl sites for hydroxylation is 1. The van der Waals surface area contributed by atoms with E-state index in [-0.39, 0.29) is 22.5 Å². The number of benzene rings is 2. The Balaban J connectivity index is 2.16. The fourth-order valence-corrected chi connectivity index (χ4v) is 2.30. The monoisotopic (exact) mass is 288 g/mol. The summed E-state index contributed by atoms with van der Waals surface area (Å²) in [5, 5.41) is 0. The van der Waals surface area contributed by atoms with E-state index in [2.05, 4.69) is 0 Å². The molecule has 4 nitrogen and oxygen atoms in total. The zero-order chi connectivity index (χ0) is 15.3. The molecule has 2 N–H and O–H groups in total. The molecular weight excluding hydrogens is 278 g/mol. The number of carbonyl (C=O) groups is 2. The number of imide groups is 1. The minimum atomic E-state index is -1.02. The van der Waals surface area contributed by atoms with Gasteiger partial charge in [-0.3, -0.25) is 9.59 Å². The topological polar surface area (TPSA) is 63.4 Å². The summed E-state index contributed by atoms with van der Waals surface area (Å²) >= 11 is 0. The fourth-order valence-electron chi connectivity index (χ4n) is 2.30. The highest BCUT2D eigenvalue weighted by Gasteiger charge is 2.38. The number of hydrogen-bond donors (Lipinski definition) is 1. The molecule has 0 bridgehead atoms. The van der Waals surface area contributed by atoms with Crippen molar-refractivity contribution >= 4 is 23.2 Å². The predicted octanol–water partition coefficient (Wildman–Crippen LogP) is 2.66. The van der Waals surface area contributed by atoms with Crippen LogP contribution in [-0.4, -0.2) is 11.8 Å². The Morgan fingerprint density at radius 1 is 0.952 bits per heavy atom. The Morgan fingerprint density at radius 2 is 1.62 bits per heavy atom. The molecule has 6 heteroatoms. The highest BCUT2D eigenvalue weighted by molar-refractivity contribution is 6.34. The molecule has 2 aromatic carbocycles. The number of anilines is 2.